The summed E-state index contributed by atoms with van der Waals surface area (Å²) in [7, 11) is -3.43. The van der Waals surface area contributed by atoms with Crippen LogP contribution in [0, 0.1) is 0 Å². The lowest BCUT2D eigenvalue weighted by Gasteiger charge is -2.33. The van der Waals surface area contributed by atoms with E-state index in [0.29, 0.717) is 44.2 Å². The molecular weight excluding hydrogens is 292 g/mol. The third kappa shape index (κ3) is 2.91. The molecule has 21 heavy (non-hydrogen) atoms. The van der Waals surface area contributed by atoms with Gasteiger partial charge in [-0.2, -0.15) is 4.31 Å². The fourth-order valence-electron chi connectivity index (χ4n) is 2.81. The Hall–Kier alpha value is -1.15. The molecule has 0 unspecified atom stereocenters. The highest BCUT2D eigenvalue weighted by atomic mass is 32.2. The second-order valence-electron chi connectivity index (χ2n) is 5.34. The molecule has 0 spiro atoms. The van der Waals surface area contributed by atoms with Crippen LogP contribution in [-0.4, -0.2) is 68.7 Å². The SMILES string of the molecule is O=S(=O)(c1ccc2c(c1)CCO2)N1CCN(CCO)CC1. The molecule has 1 aromatic carbocycles. The van der Waals surface area contributed by atoms with E-state index in [0.717, 1.165) is 17.7 Å². The van der Waals surface area contributed by atoms with Gasteiger partial charge < -0.3 is 9.84 Å². The molecule has 7 heteroatoms. The highest BCUT2D eigenvalue weighted by Crippen LogP contribution is 2.29. The highest BCUT2D eigenvalue weighted by molar-refractivity contribution is 7.89. The van der Waals surface area contributed by atoms with Crippen molar-refractivity contribution in [3.63, 3.8) is 0 Å². The van der Waals surface area contributed by atoms with E-state index < -0.39 is 10.0 Å². The zero-order valence-corrected chi connectivity index (χ0v) is 12.7. The summed E-state index contributed by atoms with van der Waals surface area (Å²) in [6, 6.07) is 5.11. The van der Waals surface area contributed by atoms with Crippen molar-refractivity contribution in [2.24, 2.45) is 0 Å². The largest absolute Gasteiger partial charge is 0.493 e. The summed E-state index contributed by atoms with van der Waals surface area (Å²) < 4.78 is 32.3. The highest BCUT2D eigenvalue weighted by Gasteiger charge is 2.29. The van der Waals surface area contributed by atoms with Gasteiger partial charge in [-0.3, -0.25) is 4.90 Å². The fourth-order valence-corrected chi connectivity index (χ4v) is 4.28. The van der Waals surface area contributed by atoms with E-state index in [1.54, 1.807) is 18.2 Å². The number of ether oxygens (including phenoxy) is 1. The molecule has 0 amide bonds. The average Bonchev–Trinajstić information content (AvgIpc) is 2.95. The zero-order chi connectivity index (χ0) is 14.9. The number of β-amino-alcohol motifs (C(OH)–C–C–N with tert-alkyl or cyclic N) is 1. The number of piperazine rings is 1. The molecule has 2 heterocycles. The van der Waals surface area contributed by atoms with E-state index in [1.165, 1.54) is 4.31 Å². The number of fused-ring (bicyclic) bond motifs is 1. The minimum atomic E-state index is -3.43. The van der Waals surface area contributed by atoms with Gasteiger partial charge in [-0.1, -0.05) is 0 Å². The zero-order valence-electron chi connectivity index (χ0n) is 11.9. The van der Waals surface area contributed by atoms with Crippen LogP contribution in [0.15, 0.2) is 23.1 Å². The van der Waals surface area contributed by atoms with Gasteiger partial charge in [-0.15, -0.1) is 0 Å². The van der Waals surface area contributed by atoms with Crippen molar-refractivity contribution in [1.82, 2.24) is 9.21 Å². The quantitative estimate of drug-likeness (QED) is 0.842. The first-order valence-corrected chi connectivity index (χ1v) is 8.64. The molecular formula is C14H20N2O4S. The smallest absolute Gasteiger partial charge is 0.243 e. The number of benzene rings is 1. The molecule has 0 aromatic heterocycles. The maximum Gasteiger partial charge on any atom is 0.243 e. The third-order valence-electron chi connectivity index (χ3n) is 4.05. The van der Waals surface area contributed by atoms with Crippen LogP contribution in [0.25, 0.3) is 0 Å². The van der Waals surface area contributed by atoms with Crippen molar-refractivity contribution in [3.8, 4) is 5.75 Å². The van der Waals surface area contributed by atoms with Gasteiger partial charge in [0.25, 0.3) is 0 Å². The number of rotatable bonds is 4. The predicted octanol–water partition coefficient (Wildman–Crippen LogP) is -0.0799. The number of hydrogen-bond donors (Lipinski definition) is 1. The van der Waals surface area contributed by atoms with Gasteiger partial charge in [0.2, 0.25) is 10.0 Å². The lowest BCUT2D eigenvalue weighted by atomic mass is 10.2. The topological polar surface area (TPSA) is 70.1 Å². The van der Waals surface area contributed by atoms with Gasteiger partial charge in [0, 0.05) is 39.1 Å². The van der Waals surface area contributed by atoms with Gasteiger partial charge in [-0.05, 0) is 23.8 Å². The summed E-state index contributed by atoms with van der Waals surface area (Å²) in [6.45, 7) is 3.59. The van der Waals surface area contributed by atoms with Gasteiger partial charge in [0.15, 0.2) is 0 Å². The fraction of sp³-hybridized carbons (Fsp3) is 0.571. The number of aliphatic hydroxyl groups is 1. The van der Waals surface area contributed by atoms with Crippen molar-refractivity contribution >= 4 is 10.0 Å². The molecule has 116 valence electrons. The molecule has 6 nitrogen and oxygen atoms in total. The van der Waals surface area contributed by atoms with Crippen molar-refractivity contribution in [1.29, 1.82) is 0 Å². The second-order valence-corrected chi connectivity index (χ2v) is 7.28. The molecule has 0 saturated carbocycles. The standard InChI is InChI=1S/C14H20N2O4S/c17-9-8-15-4-6-16(7-5-15)21(18,19)13-1-2-14-12(11-13)3-10-20-14/h1-2,11,17H,3-10H2. The first kappa shape index (κ1) is 14.8. The van der Waals surface area contributed by atoms with Gasteiger partial charge in [0.1, 0.15) is 5.75 Å². The summed E-state index contributed by atoms with van der Waals surface area (Å²) in [5.41, 5.74) is 0.968. The Kier molecular flexibility index (Phi) is 4.17. The predicted molar refractivity (Wildman–Crippen MR) is 77.9 cm³/mol. The molecule has 2 aliphatic heterocycles. The summed E-state index contributed by atoms with van der Waals surface area (Å²) in [5.74, 6) is 0.793. The maximum atomic E-state index is 12.7. The lowest BCUT2D eigenvalue weighted by Crippen LogP contribution is -2.49. The van der Waals surface area contributed by atoms with Crippen molar-refractivity contribution < 1.29 is 18.3 Å². The Bertz CT molecular complexity index is 609. The Morgan fingerprint density at radius 3 is 2.67 bits per heavy atom. The van der Waals surface area contributed by atoms with Crippen LogP contribution in [0.3, 0.4) is 0 Å². The number of nitrogens with zero attached hydrogens (tertiary/aromatic N) is 2. The van der Waals surface area contributed by atoms with Crippen LogP contribution in [0.5, 0.6) is 5.75 Å². The van der Waals surface area contributed by atoms with Crippen LogP contribution >= 0.6 is 0 Å². The summed E-state index contributed by atoms with van der Waals surface area (Å²) in [5, 5.41) is 8.93. The van der Waals surface area contributed by atoms with Crippen molar-refractivity contribution in [2.45, 2.75) is 11.3 Å². The Morgan fingerprint density at radius 2 is 1.95 bits per heavy atom. The molecule has 1 aromatic rings. The van der Waals surface area contributed by atoms with Crippen LogP contribution < -0.4 is 4.74 Å². The van der Waals surface area contributed by atoms with E-state index in [9.17, 15) is 8.42 Å². The molecule has 0 aliphatic carbocycles. The Balaban J connectivity index is 1.75. The first-order valence-electron chi connectivity index (χ1n) is 7.20. The minimum Gasteiger partial charge on any atom is -0.493 e. The maximum absolute atomic E-state index is 12.7. The van der Waals surface area contributed by atoms with Crippen LogP contribution in [0.4, 0.5) is 0 Å². The summed E-state index contributed by atoms with van der Waals surface area (Å²) in [6.07, 6.45) is 0.767. The van der Waals surface area contributed by atoms with Crippen molar-refractivity contribution in [2.75, 3.05) is 45.9 Å². The monoisotopic (exact) mass is 312 g/mol. The molecule has 1 saturated heterocycles. The number of sulfonamides is 1. The molecule has 2 aliphatic rings. The third-order valence-corrected chi connectivity index (χ3v) is 5.94. The molecule has 3 rings (SSSR count). The van der Waals surface area contributed by atoms with Crippen LogP contribution in [0.1, 0.15) is 5.56 Å². The lowest BCUT2D eigenvalue weighted by molar-refractivity contribution is 0.151. The molecule has 0 radical (unpaired) electrons. The van der Waals surface area contributed by atoms with Crippen molar-refractivity contribution in [3.05, 3.63) is 23.8 Å². The van der Waals surface area contributed by atoms with Crippen LogP contribution in [0.2, 0.25) is 0 Å². The van der Waals surface area contributed by atoms with Crippen LogP contribution in [-0.2, 0) is 16.4 Å². The molecule has 1 fully saturated rings. The van der Waals surface area contributed by atoms with Gasteiger partial charge in [-0.25, -0.2) is 8.42 Å². The first-order chi connectivity index (χ1) is 10.1. The van der Waals surface area contributed by atoms with E-state index in [4.69, 9.17) is 9.84 Å². The normalized spacial score (nSPS) is 20.2. The van der Waals surface area contributed by atoms with Gasteiger partial charge >= 0.3 is 0 Å². The van der Waals surface area contributed by atoms with E-state index in [-0.39, 0.29) is 6.61 Å². The van der Waals surface area contributed by atoms with E-state index in [1.807, 2.05) is 0 Å². The average molecular weight is 312 g/mol. The minimum absolute atomic E-state index is 0.109. The second kappa shape index (κ2) is 5.92. The molecule has 0 bridgehead atoms. The van der Waals surface area contributed by atoms with Gasteiger partial charge in [0.05, 0.1) is 18.1 Å². The summed E-state index contributed by atoms with van der Waals surface area (Å²) in [4.78, 5) is 2.42. The molecule has 1 N–H and O–H groups in total. The summed E-state index contributed by atoms with van der Waals surface area (Å²) >= 11 is 0. The van der Waals surface area contributed by atoms with E-state index in [2.05, 4.69) is 4.90 Å². The number of aliphatic hydroxyl groups excluding tert-OH is 1. The Labute approximate surface area is 125 Å². The van der Waals surface area contributed by atoms with E-state index >= 15 is 0 Å². The number of hydrogen-bond acceptors (Lipinski definition) is 5. The Morgan fingerprint density at radius 1 is 1.19 bits per heavy atom. The molecule has 0 atom stereocenters.